The fourth-order valence-corrected chi connectivity index (χ4v) is 3.00. The minimum atomic E-state index is -0.785. The van der Waals surface area contributed by atoms with Crippen molar-refractivity contribution in [2.75, 3.05) is 13.7 Å². The third-order valence-corrected chi connectivity index (χ3v) is 4.16. The van der Waals surface area contributed by atoms with E-state index < -0.39 is 5.97 Å². The molecule has 2 N–H and O–H groups in total. The maximum absolute atomic E-state index is 11.0. The van der Waals surface area contributed by atoms with E-state index in [4.69, 9.17) is 25.9 Å². The van der Waals surface area contributed by atoms with E-state index in [2.05, 4.69) is 5.32 Å². The van der Waals surface area contributed by atoms with Crippen LogP contribution < -0.4 is 10.1 Å². The van der Waals surface area contributed by atoms with Crippen molar-refractivity contribution in [3.8, 4) is 5.75 Å². The smallest absolute Gasteiger partial charge is 0.307 e. The summed E-state index contributed by atoms with van der Waals surface area (Å²) in [6.07, 6.45) is 2.08. The first-order valence-corrected chi connectivity index (χ1v) is 6.69. The molecule has 0 spiro atoms. The summed E-state index contributed by atoms with van der Waals surface area (Å²) in [5, 5.41) is 13.6. The molecule has 0 saturated carbocycles. The molecule has 2 heterocycles. The zero-order valence-corrected chi connectivity index (χ0v) is 11.6. The van der Waals surface area contributed by atoms with Gasteiger partial charge in [0, 0.05) is 18.0 Å². The number of aliphatic carboxylic acids is 1. The minimum Gasteiger partial charge on any atom is -0.493 e. The van der Waals surface area contributed by atoms with Crippen LogP contribution in [0.4, 0.5) is 0 Å². The van der Waals surface area contributed by atoms with Crippen LogP contribution in [0.1, 0.15) is 18.0 Å². The normalized spacial score (nSPS) is 22.3. The lowest BCUT2D eigenvalue weighted by Crippen LogP contribution is -2.17. The van der Waals surface area contributed by atoms with Crippen LogP contribution >= 0.6 is 11.6 Å². The lowest BCUT2D eigenvalue weighted by Gasteiger charge is -2.15. The van der Waals surface area contributed by atoms with E-state index in [1.807, 2.05) is 6.07 Å². The van der Waals surface area contributed by atoms with Crippen LogP contribution in [0.5, 0.6) is 5.75 Å². The van der Waals surface area contributed by atoms with Gasteiger partial charge >= 0.3 is 5.97 Å². The van der Waals surface area contributed by atoms with Gasteiger partial charge in [0.2, 0.25) is 0 Å². The number of benzene rings is 1. The predicted octanol–water partition coefficient (Wildman–Crippen LogP) is 2.83. The molecule has 0 radical (unpaired) electrons. The summed E-state index contributed by atoms with van der Waals surface area (Å²) in [7, 11) is 1.57. The van der Waals surface area contributed by atoms with Gasteiger partial charge in [0.05, 0.1) is 24.3 Å². The number of furan rings is 1. The van der Waals surface area contributed by atoms with Crippen molar-refractivity contribution in [1.82, 2.24) is 5.32 Å². The summed E-state index contributed by atoms with van der Waals surface area (Å²) in [4.78, 5) is 11.0. The predicted molar refractivity (Wildman–Crippen MR) is 74.3 cm³/mol. The summed E-state index contributed by atoms with van der Waals surface area (Å²) in [5.74, 6) is -0.570. The molecule has 106 valence electrons. The molecule has 5 nitrogen and oxygen atoms in total. The largest absolute Gasteiger partial charge is 0.493 e. The summed E-state index contributed by atoms with van der Waals surface area (Å²) in [6.45, 7) is 0.446. The number of halogens is 1. The van der Waals surface area contributed by atoms with Crippen molar-refractivity contribution >= 4 is 28.5 Å². The molecule has 1 aromatic heterocycles. The molecule has 3 rings (SSSR count). The van der Waals surface area contributed by atoms with Gasteiger partial charge in [0.25, 0.3) is 0 Å². The first kappa shape index (κ1) is 13.3. The van der Waals surface area contributed by atoms with Crippen molar-refractivity contribution in [3.05, 3.63) is 29.0 Å². The zero-order chi connectivity index (χ0) is 14.3. The average molecular weight is 296 g/mol. The number of carboxylic acid groups (broad SMARTS) is 1. The Morgan fingerprint density at radius 3 is 3.05 bits per heavy atom. The van der Waals surface area contributed by atoms with Gasteiger partial charge in [0.1, 0.15) is 0 Å². The molecule has 2 aromatic rings. The minimum absolute atomic E-state index is 0.0863. The Balaban J connectivity index is 2.03. The molecule has 6 heteroatoms. The van der Waals surface area contributed by atoms with Crippen LogP contribution in [-0.4, -0.2) is 24.7 Å². The molecule has 1 aliphatic heterocycles. The van der Waals surface area contributed by atoms with Gasteiger partial charge in [-0.3, -0.25) is 4.79 Å². The highest BCUT2D eigenvalue weighted by Gasteiger charge is 2.32. The Bertz CT molecular complexity index is 666. The molecule has 2 unspecified atom stereocenters. The van der Waals surface area contributed by atoms with Crippen molar-refractivity contribution in [2.45, 2.75) is 12.5 Å². The lowest BCUT2D eigenvalue weighted by molar-refractivity contribution is -0.141. The summed E-state index contributed by atoms with van der Waals surface area (Å²) < 4.78 is 10.7. The molecule has 0 bridgehead atoms. The van der Waals surface area contributed by atoms with Crippen LogP contribution in [-0.2, 0) is 4.79 Å². The molecule has 0 aliphatic carbocycles. The summed E-state index contributed by atoms with van der Waals surface area (Å²) in [6, 6.07) is 3.51. The first-order valence-electron chi connectivity index (χ1n) is 6.31. The summed E-state index contributed by atoms with van der Waals surface area (Å²) in [5.41, 5.74) is 1.45. The van der Waals surface area contributed by atoms with Gasteiger partial charge in [-0.05, 0) is 24.1 Å². The van der Waals surface area contributed by atoms with Gasteiger partial charge in [-0.1, -0.05) is 11.6 Å². The number of fused-ring (bicyclic) bond motifs is 1. The van der Waals surface area contributed by atoms with Crippen LogP contribution in [0.15, 0.2) is 22.8 Å². The molecular weight excluding hydrogens is 282 g/mol. The van der Waals surface area contributed by atoms with Crippen LogP contribution in [0.2, 0.25) is 5.02 Å². The van der Waals surface area contributed by atoms with E-state index in [0.29, 0.717) is 29.3 Å². The number of rotatable bonds is 3. The monoisotopic (exact) mass is 295 g/mol. The number of carbonyl (C=O) groups is 1. The van der Waals surface area contributed by atoms with Gasteiger partial charge in [-0.15, -0.1) is 0 Å². The molecular formula is C14H14ClNO4. The highest BCUT2D eigenvalue weighted by atomic mass is 35.5. The zero-order valence-electron chi connectivity index (χ0n) is 10.9. The third kappa shape index (κ3) is 2.03. The topological polar surface area (TPSA) is 71.7 Å². The fourth-order valence-electron chi connectivity index (χ4n) is 2.66. The molecule has 20 heavy (non-hydrogen) atoms. The Labute approximate surface area is 120 Å². The number of ether oxygens (including phenoxy) is 1. The third-order valence-electron chi connectivity index (χ3n) is 3.74. The van der Waals surface area contributed by atoms with Gasteiger partial charge in [0.15, 0.2) is 11.3 Å². The second-order valence-corrected chi connectivity index (χ2v) is 5.26. The van der Waals surface area contributed by atoms with Gasteiger partial charge in [-0.25, -0.2) is 0 Å². The molecule has 1 fully saturated rings. The number of hydrogen-bond donors (Lipinski definition) is 2. The second kappa shape index (κ2) is 5.00. The molecule has 1 saturated heterocycles. The Hall–Kier alpha value is -1.72. The van der Waals surface area contributed by atoms with Crippen molar-refractivity contribution in [1.29, 1.82) is 0 Å². The standard InChI is InChI=1S/C14H14ClNO4/c1-19-11-5-9(10-4-7(6-16-10)14(17)18)12(15)8-2-3-20-13(8)11/h2-3,5,7,10,16H,4,6H2,1H3,(H,17,18). The Morgan fingerprint density at radius 1 is 1.60 bits per heavy atom. The second-order valence-electron chi connectivity index (χ2n) is 4.88. The summed E-state index contributed by atoms with van der Waals surface area (Å²) >= 11 is 6.42. The van der Waals surface area contributed by atoms with Crippen molar-refractivity contribution in [3.63, 3.8) is 0 Å². The number of nitrogens with one attached hydrogen (secondary N) is 1. The highest BCUT2D eigenvalue weighted by Crippen LogP contribution is 2.40. The van der Waals surface area contributed by atoms with Gasteiger partial charge < -0.3 is 19.6 Å². The molecule has 1 aromatic carbocycles. The van der Waals surface area contributed by atoms with E-state index in [1.54, 1.807) is 19.4 Å². The number of methoxy groups -OCH3 is 1. The average Bonchev–Trinajstić information content (AvgIpc) is 3.08. The first-order chi connectivity index (χ1) is 9.61. The maximum Gasteiger partial charge on any atom is 0.307 e. The van der Waals surface area contributed by atoms with Crippen LogP contribution in [0.3, 0.4) is 0 Å². The Morgan fingerprint density at radius 2 is 2.40 bits per heavy atom. The highest BCUT2D eigenvalue weighted by molar-refractivity contribution is 6.36. The van der Waals surface area contributed by atoms with E-state index in [1.165, 1.54) is 0 Å². The molecule has 0 amide bonds. The number of hydrogen-bond acceptors (Lipinski definition) is 4. The lowest BCUT2D eigenvalue weighted by atomic mass is 9.98. The van der Waals surface area contributed by atoms with Crippen molar-refractivity contribution in [2.24, 2.45) is 5.92 Å². The fraction of sp³-hybridized carbons (Fsp3) is 0.357. The van der Waals surface area contributed by atoms with E-state index in [9.17, 15) is 4.79 Å². The van der Waals surface area contributed by atoms with Crippen LogP contribution in [0, 0.1) is 5.92 Å². The van der Waals surface area contributed by atoms with E-state index in [-0.39, 0.29) is 12.0 Å². The van der Waals surface area contributed by atoms with Crippen molar-refractivity contribution < 1.29 is 19.1 Å². The van der Waals surface area contributed by atoms with Gasteiger partial charge in [-0.2, -0.15) is 0 Å². The SMILES string of the molecule is COc1cc(C2CC(C(=O)O)CN2)c(Cl)c2ccoc12. The number of carboxylic acids is 1. The molecule has 2 atom stereocenters. The van der Waals surface area contributed by atoms with E-state index >= 15 is 0 Å². The Kier molecular flexibility index (Phi) is 3.31. The quantitative estimate of drug-likeness (QED) is 0.911. The van der Waals surface area contributed by atoms with Crippen LogP contribution in [0.25, 0.3) is 11.0 Å². The molecule has 1 aliphatic rings. The van der Waals surface area contributed by atoms with E-state index in [0.717, 1.165) is 10.9 Å². The maximum atomic E-state index is 11.0.